The first-order valence-corrected chi connectivity index (χ1v) is 7.94. The zero-order valence-electron chi connectivity index (χ0n) is 11.6. The number of nitrogens with one attached hydrogen (secondary N) is 1. The molecule has 3 N–H and O–H groups in total. The van der Waals surface area contributed by atoms with Crippen LogP contribution in [0.15, 0.2) is 16.8 Å². The van der Waals surface area contributed by atoms with E-state index in [2.05, 4.69) is 40.9 Å². The summed E-state index contributed by atoms with van der Waals surface area (Å²) < 4.78 is 0. The van der Waals surface area contributed by atoms with Crippen molar-refractivity contribution >= 4 is 17.2 Å². The third kappa shape index (κ3) is 2.99. The Hall–Kier alpha value is -0.910. The van der Waals surface area contributed by atoms with Crippen molar-refractivity contribution in [2.24, 2.45) is 5.73 Å². The van der Waals surface area contributed by atoms with Crippen molar-refractivity contribution in [3.8, 4) is 0 Å². The molecule has 106 valence electrons. The molecule has 1 aliphatic heterocycles. The first-order valence-electron chi connectivity index (χ1n) is 7.00. The van der Waals surface area contributed by atoms with Crippen LogP contribution in [-0.2, 0) is 4.79 Å². The molecule has 19 heavy (non-hydrogen) atoms. The molecule has 3 unspecified atom stereocenters. The van der Waals surface area contributed by atoms with Gasteiger partial charge >= 0.3 is 0 Å². The summed E-state index contributed by atoms with van der Waals surface area (Å²) in [6.07, 6.45) is 1.73. The number of carbonyl (C=O) groups is 1. The third-order valence-corrected chi connectivity index (χ3v) is 4.58. The summed E-state index contributed by atoms with van der Waals surface area (Å²) in [4.78, 5) is 14.3. The molecule has 1 aliphatic rings. The Bertz CT molecular complexity index is 407. The van der Waals surface area contributed by atoms with Gasteiger partial charge in [0.05, 0.1) is 12.1 Å². The highest BCUT2D eigenvalue weighted by atomic mass is 32.1. The van der Waals surface area contributed by atoms with Gasteiger partial charge in [-0.1, -0.05) is 13.8 Å². The number of hydrogen-bond acceptors (Lipinski definition) is 4. The molecule has 2 rings (SSSR count). The van der Waals surface area contributed by atoms with E-state index in [-0.39, 0.29) is 24.0 Å². The smallest absolute Gasteiger partial charge is 0.237 e. The van der Waals surface area contributed by atoms with Crippen molar-refractivity contribution < 1.29 is 4.79 Å². The van der Waals surface area contributed by atoms with E-state index >= 15 is 0 Å². The molecule has 0 aromatic carbocycles. The Morgan fingerprint density at radius 3 is 2.95 bits per heavy atom. The van der Waals surface area contributed by atoms with Gasteiger partial charge in [0, 0.05) is 19.1 Å². The maximum absolute atomic E-state index is 12.0. The Morgan fingerprint density at radius 2 is 2.37 bits per heavy atom. The molecule has 2 heterocycles. The van der Waals surface area contributed by atoms with Crippen molar-refractivity contribution in [2.45, 2.75) is 44.8 Å². The number of thiophene rings is 1. The number of nitrogens with zero attached hydrogens (tertiary/aromatic N) is 1. The van der Waals surface area contributed by atoms with Gasteiger partial charge in [-0.3, -0.25) is 9.69 Å². The minimum atomic E-state index is -0.0590. The van der Waals surface area contributed by atoms with Crippen LogP contribution in [0, 0.1) is 0 Å². The quantitative estimate of drug-likeness (QED) is 0.864. The Morgan fingerprint density at radius 1 is 1.58 bits per heavy atom. The maximum atomic E-state index is 12.0. The lowest BCUT2D eigenvalue weighted by atomic mass is 9.95. The van der Waals surface area contributed by atoms with Crippen LogP contribution < -0.4 is 11.1 Å². The molecular weight excluding hydrogens is 258 g/mol. The van der Waals surface area contributed by atoms with Crippen molar-refractivity contribution in [1.82, 2.24) is 10.2 Å². The summed E-state index contributed by atoms with van der Waals surface area (Å²) in [5.41, 5.74) is 7.58. The molecule has 1 aromatic heterocycles. The van der Waals surface area contributed by atoms with Crippen LogP contribution in [0.25, 0.3) is 0 Å². The van der Waals surface area contributed by atoms with Crippen molar-refractivity contribution in [2.75, 3.05) is 13.1 Å². The highest BCUT2D eigenvalue weighted by Gasteiger charge is 2.36. The predicted octanol–water partition coefficient (Wildman–Crippen LogP) is 1.74. The van der Waals surface area contributed by atoms with E-state index in [9.17, 15) is 4.79 Å². The zero-order chi connectivity index (χ0) is 13.8. The van der Waals surface area contributed by atoms with Crippen LogP contribution in [0.2, 0.25) is 0 Å². The van der Waals surface area contributed by atoms with Gasteiger partial charge in [0.25, 0.3) is 0 Å². The molecule has 3 atom stereocenters. The SMILES string of the molecule is CCC(N)C(c1ccsc1)N1CCNC(=O)C1CC. The molecule has 0 bridgehead atoms. The number of hydrogen-bond donors (Lipinski definition) is 2. The summed E-state index contributed by atoms with van der Waals surface area (Å²) >= 11 is 1.69. The van der Waals surface area contributed by atoms with Gasteiger partial charge in [-0.25, -0.2) is 0 Å². The van der Waals surface area contributed by atoms with E-state index in [0.717, 1.165) is 19.4 Å². The maximum Gasteiger partial charge on any atom is 0.237 e. The van der Waals surface area contributed by atoms with E-state index in [0.29, 0.717) is 6.54 Å². The van der Waals surface area contributed by atoms with Crippen molar-refractivity contribution in [3.05, 3.63) is 22.4 Å². The molecule has 5 heteroatoms. The van der Waals surface area contributed by atoms with Crippen LogP contribution in [-0.4, -0.2) is 36.0 Å². The molecule has 4 nitrogen and oxygen atoms in total. The van der Waals surface area contributed by atoms with Gasteiger partial charge in [0.15, 0.2) is 0 Å². The molecule has 0 aliphatic carbocycles. The number of piperazine rings is 1. The zero-order valence-corrected chi connectivity index (χ0v) is 12.5. The van der Waals surface area contributed by atoms with Gasteiger partial charge < -0.3 is 11.1 Å². The Balaban J connectivity index is 2.29. The van der Waals surface area contributed by atoms with Gasteiger partial charge in [-0.2, -0.15) is 11.3 Å². The second kappa shape index (κ2) is 6.50. The van der Waals surface area contributed by atoms with E-state index < -0.39 is 0 Å². The summed E-state index contributed by atoms with van der Waals surface area (Å²) in [5.74, 6) is 0.136. The highest BCUT2D eigenvalue weighted by molar-refractivity contribution is 7.07. The van der Waals surface area contributed by atoms with Crippen molar-refractivity contribution in [3.63, 3.8) is 0 Å². The van der Waals surface area contributed by atoms with Crippen LogP contribution >= 0.6 is 11.3 Å². The summed E-state index contributed by atoms with van der Waals surface area (Å²) in [7, 11) is 0. The second-order valence-corrected chi connectivity index (χ2v) is 5.81. The van der Waals surface area contributed by atoms with Crippen LogP contribution in [0.4, 0.5) is 0 Å². The first kappa shape index (κ1) is 14.5. The topological polar surface area (TPSA) is 58.4 Å². The molecule has 1 fully saturated rings. The molecule has 1 amide bonds. The van der Waals surface area contributed by atoms with E-state index in [1.54, 1.807) is 11.3 Å². The van der Waals surface area contributed by atoms with E-state index in [4.69, 9.17) is 5.73 Å². The van der Waals surface area contributed by atoms with Crippen molar-refractivity contribution in [1.29, 1.82) is 0 Å². The van der Waals surface area contributed by atoms with Gasteiger partial charge in [-0.05, 0) is 35.2 Å². The standard InChI is InChI=1S/C14H23N3OS/c1-3-11(15)13(10-5-8-19-9-10)17-7-6-16-14(18)12(17)4-2/h5,8-9,11-13H,3-4,6-7,15H2,1-2H3,(H,16,18). The molecular formula is C14H23N3OS. The second-order valence-electron chi connectivity index (χ2n) is 5.03. The fourth-order valence-electron chi connectivity index (χ4n) is 2.84. The molecule has 1 aromatic rings. The molecule has 0 spiro atoms. The normalized spacial score (nSPS) is 23.9. The van der Waals surface area contributed by atoms with Crippen LogP contribution in [0.5, 0.6) is 0 Å². The largest absolute Gasteiger partial charge is 0.353 e. The summed E-state index contributed by atoms with van der Waals surface area (Å²) in [6.45, 7) is 5.75. The fourth-order valence-corrected chi connectivity index (χ4v) is 3.53. The lowest BCUT2D eigenvalue weighted by Crippen LogP contribution is -2.58. The molecule has 1 saturated heterocycles. The minimum absolute atomic E-state index is 0.0590. The highest BCUT2D eigenvalue weighted by Crippen LogP contribution is 2.30. The minimum Gasteiger partial charge on any atom is -0.353 e. The van der Waals surface area contributed by atoms with Gasteiger partial charge in [0.1, 0.15) is 0 Å². The Labute approximate surface area is 119 Å². The third-order valence-electron chi connectivity index (χ3n) is 3.88. The average molecular weight is 281 g/mol. The first-order chi connectivity index (χ1) is 9.19. The number of carbonyl (C=O) groups excluding carboxylic acids is 1. The van der Waals surface area contributed by atoms with Crippen LogP contribution in [0.1, 0.15) is 38.3 Å². The van der Waals surface area contributed by atoms with E-state index in [1.165, 1.54) is 5.56 Å². The lowest BCUT2D eigenvalue weighted by Gasteiger charge is -2.42. The number of nitrogens with two attached hydrogens (primary N) is 1. The monoisotopic (exact) mass is 281 g/mol. The number of rotatable bonds is 5. The Kier molecular flexibility index (Phi) is 4.96. The van der Waals surface area contributed by atoms with Gasteiger partial charge in [0.2, 0.25) is 5.91 Å². The molecule has 0 saturated carbocycles. The lowest BCUT2D eigenvalue weighted by molar-refractivity contribution is -0.130. The number of amides is 1. The fraction of sp³-hybridized carbons (Fsp3) is 0.643. The summed E-state index contributed by atoms with van der Waals surface area (Å²) in [5, 5.41) is 7.18. The van der Waals surface area contributed by atoms with Gasteiger partial charge in [-0.15, -0.1) is 0 Å². The average Bonchev–Trinajstić information content (AvgIpc) is 2.93. The van der Waals surface area contributed by atoms with E-state index in [1.807, 2.05) is 0 Å². The molecule has 0 radical (unpaired) electrons. The van der Waals surface area contributed by atoms with Crippen LogP contribution in [0.3, 0.4) is 0 Å². The predicted molar refractivity (Wildman–Crippen MR) is 79.1 cm³/mol. The summed E-state index contributed by atoms with van der Waals surface area (Å²) in [6, 6.07) is 2.28.